The summed E-state index contributed by atoms with van der Waals surface area (Å²) in [6.45, 7) is 9.05. The molecule has 5 heteroatoms. The van der Waals surface area contributed by atoms with Gasteiger partial charge in [-0.15, -0.1) is 6.58 Å². The largest absolute Gasteiger partial charge is 0.480 e. The maximum absolute atomic E-state index is 11.8. The third-order valence-corrected chi connectivity index (χ3v) is 3.27. The molecule has 1 rings (SSSR count). The Morgan fingerprint density at radius 2 is 2.00 bits per heavy atom. The lowest BCUT2D eigenvalue weighted by Crippen LogP contribution is -2.47. The molecule has 2 amide bonds. The topological polar surface area (TPSA) is 69.6 Å². The van der Waals surface area contributed by atoms with Crippen molar-refractivity contribution in [1.29, 1.82) is 0 Å². The highest BCUT2D eigenvalue weighted by Gasteiger charge is 2.31. The molecule has 0 aromatic carbocycles. The van der Waals surface area contributed by atoms with Gasteiger partial charge in [-0.3, -0.25) is 0 Å². The van der Waals surface area contributed by atoms with Gasteiger partial charge in [-0.25, -0.2) is 9.59 Å². The molecule has 17 heavy (non-hydrogen) atoms. The first kappa shape index (κ1) is 13.5. The lowest BCUT2D eigenvalue weighted by atomic mass is 10.0. The molecule has 0 spiro atoms. The zero-order chi connectivity index (χ0) is 13.0. The van der Waals surface area contributed by atoms with Crippen LogP contribution >= 0.6 is 0 Å². The summed E-state index contributed by atoms with van der Waals surface area (Å²) in [5.41, 5.74) is 0. The molecule has 0 aromatic heterocycles. The van der Waals surface area contributed by atoms with E-state index in [0.29, 0.717) is 24.9 Å². The van der Waals surface area contributed by atoms with Gasteiger partial charge in [0.1, 0.15) is 6.04 Å². The van der Waals surface area contributed by atoms with E-state index in [2.05, 4.69) is 25.7 Å². The van der Waals surface area contributed by atoms with Gasteiger partial charge in [0.25, 0.3) is 0 Å². The smallest absolute Gasteiger partial charge is 0.326 e. The van der Waals surface area contributed by atoms with E-state index in [9.17, 15) is 9.59 Å². The monoisotopic (exact) mass is 240 g/mol. The van der Waals surface area contributed by atoms with Crippen molar-refractivity contribution in [3.8, 4) is 0 Å². The number of hydrogen-bond acceptors (Lipinski definition) is 2. The van der Waals surface area contributed by atoms with Gasteiger partial charge < -0.3 is 15.3 Å². The molecule has 3 atom stereocenters. The van der Waals surface area contributed by atoms with Gasteiger partial charge in [0.15, 0.2) is 0 Å². The summed E-state index contributed by atoms with van der Waals surface area (Å²) < 4.78 is 0. The van der Waals surface area contributed by atoms with Crippen LogP contribution in [0.15, 0.2) is 12.7 Å². The number of rotatable bonds is 4. The summed E-state index contributed by atoms with van der Waals surface area (Å²) in [6.07, 6.45) is 1.73. The van der Waals surface area contributed by atoms with Crippen molar-refractivity contribution in [2.45, 2.75) is 26.3 Å². The third kappa shape index (κ3) is 3.47. The van der Waals surface area contributed by atoms with E-state index < -0.39 is 12.0 Å². The SMILES string of the molecule is C=CCC(NC(=O)N1CC(C)C(C)C1)C(=O)O. The number of urea groups is 1. The number of carbonyl (C=O) groups is 2. The molecule has 0 saturated carbocycles. The van der Waals surface area contributed by atoms with Gasteiger partial charge in [0, 0.05) is 13.1 Å². The van der Waals surface area contributed by atoms with Crippen LogP contribution in [0.5, 0.6) is 0 Å². The Labute approximate surface area is 101 Å². The van der Waals surface area contributed by atoms with Gasteiger partial charge in [-0.05, 0) is 18.3 Å². The Bertz CT molecular complexity index is 307. The molecule has 1 saturated heterocycles. The molecular formula is C12H20N2O3. The Balaban J connectivity index is 2.53. The minimum absolute atomic E-state index is 0.236. The predicted molar refractivity (Wildman–Crippen MR) is 64.7 cm³/mol. The van der Waals surface area contributed by atoms with Gasteiger partial charge >= 0.3 is 12.0 Å². The van der Waals surface area contributed by atoms with Crippen LogP contribution in [0, 0.1) is 11.8 Å². The molecule has 96 valence electrons. The highest BCUT2D eigenvalue weighted by atomic mass is 16.4. The fraction of sp³-hybridized carbons (Fsp3) is 0.667. The maximum Gasteiger partial charge on any atom is 0.326 e. The number of nitrogens with one attached hydrogen (secondary N) is 1. The Hall–Kier alpha value is -1.52. The predicted octanol–water partition coefficient (Wildman–Crippen LogP) is 1.31. The minimum Gasteiger partial charge on any atom is -0.480 e. The summed E-state index contributed by atoms with van der Waals surface area (Å²) in [7, 11) is 0. The number of hydrogen-bond donors (Lipinski definition) is 2. The van der Waals surface area contributed by atoms with Crippen LogP contribution in [0.2, 0.25) is 0 Å². The molecule has 2 N–H and O–H groups in total. The second-order valence-electron chi connectivity index (χ2n) is 4.72. The average Bonchev–Trinajstić information content (AvgIpc) is 2.58. The normalized spacial score (nSPS) is 25.4. The minimum atomic E-state index is -1.03. The van der Waals surface area contributed by atoms with Gasteiger partial charge in [-0.2, -0.15) is 0 Å². The summed E-state index contributed by atoms with van der Waals surface area (Å²) in [6, 6.07) is -1.18. The van der Waals surface area contributed by atoms with E-state index in [4.69, 9.17) is 5.11 Å². The molecular weight excluding hydrogens is 220 g/mol. The van der Waals surface area contributed by atoms with E-state index in [1.165, 1.54) is 6.08 Å². The van der Waals surface area contributed by atoms with Crippen molar-refractivity contribution in [3.05, 3.63) is 12.7 Å². The maximum atomic E-state index is 11.8. The van der Waals surface area contributed by atoms with Crippen LogP contribution in [0.4, 0.5) is 4.79 Å². The van der Waals surface area contributed by atoms with Gasteiger partial charge in [0.2, 0.25) is 0 Å². The van der Waals surface area contributed by atoms with E-state index in [1.54, 1.807) is 4.90 Å². The summed E-state index contributed by atoms with van der Waals surface area (Å²) in [4.78, 5) is 24.4. The van der Waals surface area contributed by atoms with Crippen LogP contribution in [0.3, 0.4) is 0 Å². The van der Waals surface area contributed by atoms with Crippen molar-refractivity contribution in [3.63, 3.8) is 0 Å². The molecule has 1 aliphatic rings. The Morgan fingerprint density at radius 3 is 2.41 bits per heavy atom. The molecule has 0 radical (unpaired) electrons. The molecule has 0 bridgehead atoms. The number of nitrogens with zero attached hydrogens (tertiary/aromatic N) is 1. The number of carboxylic acids is 1. The lowest BCUT2D eigenvalue weighted by Gasteiger charge is -2.20. The van der Waals surface area contributed by atoms with E-state index in [-0.39, 0.29) is 12.5 Å². The van der Waals surface area contributed by atoms with Crippen LogP contribution in [-0.2, 0) is 4.79 Å². The van der Waals surface area contributed by atoms with Crippen LogP contribution in [-0.4, -0.2) is 41.1 Å². The van der Waals surface area contributed by atoms with E-state index >= 15 is 0 Å². The Kier molecular flexibility index (Phi) is 4.54. The van der Waals surface area contributed by atoms with E-state index in [1.807, 2.05) is 0 Å². The molecule has 1 fully saturated rings. The van der Waals surface area contributed by atoms with Crippen molar-refractivity contribution < 1.29 is 14.7 Å². The number of carboxylic acid groups (broad SMARTS) is 1. The molecule has 1 aliphatic heterocycles. The van der Waals surface area contributed by atoms with E-state index in [0.717, 1.165) is 0 Å². The molecule has 5 nitrogen and oxygen atoms in total. The summed E-state index contributed by atoms with van der Waals surface area (Å²) in [5, 5.41) is 11.4. The van der Waals surface area contributed by atoms with Crippen LogP contribution in [0.1, 0.15) is 20.3 Å². The quantitative estimate of drug-likeness (QED) is 0.728. The van der Waals surface area contributed by atoms with Crippen molar-refractivity contribution >= 4 is 12.0 Å². The highest BCUT2D eigenvalue weighted by Crippen LogP contribution is 2.21. The highest BCUT2D eigenvalue weighted by molar-refractivity contribution is 5.82. The van der Waals surface area contributed by atoms with Crippen molar-refractivity contribution in [1.82, 2.24) is 10.2 Å². The first-order valence-electron chi connectivity index (χ1n) is 5.84. The second-order valence-corrected chi connectivity index (χ2v) is 4.72. The number of aliphatic carboxylic acids is 1. The lowest BCUT2D eigenvalue weighted by molar-refractivity contribution is -0.139. The summed E-state index contributed by atoms with van der Waals surface area (Å²) >= 11 is 0. The first-order valence-corrected chi connectivity index (χ1v) is 5.84. The average molecular weight is 240 g/mol. The zero-order valence-corrected chi connectivity index (χ0v) is 10.3. The Morgan fingerprint density at radius 1 is 1.47 bits per heavy atom. The van der Waals surface area contributed by atoms with Gasteiger partial charge in [0.05, 0.1) is 0 Å². The molecule has 0 aromatic rings. The molecule has 1 heterocycles. The van der Waals surface area contributed by atoms with Crippen LogP contribution in [0.25, 0.3) is 0 Å². The van der Waals surface area contributed by atoms with Gasteiger partial charge in [-0.1, -0.05) is 19.9 Å². The van der Waals surface area contributed by atoms with Crippen LogP contribution < -0.4 is 5.32 Å². The molecule has 0 aliphatic carbocycles. The van der Waals surface area contributed by atoms with Crippen molar-refractivity contribution in [2.24, 2.45) is 11.8 Å². The van der Waals surface area contributed by atoms with Crippen molar-refractivity contribution in [2.75, 3.05) is 13.1 Å². The third-order valence-electron chi connectivity index (χ3n) is 3.27. The second kappa shape index (κ2) is 5.70. The molecule has 3 unspecified atom stereocenters. The number of amides is 2. The first-order chi connectivity index (χ1) is 7.95. The number of likely N-dealkylation sites (tertiary alicyclic amines) is 1. The standard InChI is InChI=1S/C12H20N2O3/c1-4-5-10(11(15)16)13-12(17)14-6-8(2)9(3)7-14/h4,8-10H,1,5-7H2,2-3H3,(H,13,17)(H,15,16). The number of carbonyl (C=O) groups excluding carboxylic acids is 1. The zero-order valence-electron chi connectivity index (χ0n) is 10.3. The fourth-order valence-electron chi connectivity index (χ4n) is 1.92. The fourth-order valence-corrected chi connectivity index (χ4v) is 1.92. The summed E-state index contributed by atoms with van der Waals surface area (Å²) in [5.74, 6) is -0.106.